The van der Waals surface area contributed by atoms with Gasteiger partial charge in [0.15, 0.2) is 5.82 Å². The third kappa shape index (κ3) is 4.59. The zero-order chi connectivity index (χ0) is 18.9. The summed E-state index contributed by atoms with van der Waals surface area (Å²) < 4.78 is 33.7. The first-order chi connectivity index (χ1) is 11.5. The van der Waals surface area contributed by atoms with Crippen molar-refractivity contribution >= 4 is 34.6 Å². The van der Waals surface area contributed by atoms with Gasteiger partial charge in [-0.1, -0.05) is 0 Å². The van der Waals surface area contributed by atoms with Gasteiger partial charge in [0.2, 0.25) is 0 Å². The van der Waals surface area contributed by atoms with Crippen LogP contribution < -0.4 is 0 Å². The number of benzene rings is 1. The molecule has 5 nitrogen and oxygen atoms in total. The number of carbonyl (C=O) groups excluding carboxylic acids is 2. The summed E-state index contributed by atoms with van der Waals surface area (Å²) in [7, 11) is 0. The highest BCUT2D eigenvalue weighted by molar-refractivity contribution is 14.1. The van der Waals surface area contributed by atoms with Crippen molar-refractivity contribution in [1.82, 2.24) is 9.80 Å². The second kappa shape index (κ2) is 7.43. The fourth-order valence-electron chi connectivity index (χ4n) is 2.62. The molecule has 0 saturated carbocycles. The molecule has 1 aliphatic rings. The standard InChI is InChI=1S/C17H21F2IN2O3/c1-10-9-21(7-8-22(10)16(24)25-17(2,3)4)15(23)13-11(18)5-6-12(20)14(13)19/h5-6,10H,7-9H2,1-4H3. The first-order valence-corrected chi connectivity index (χ1v) is 9.01. The van der Waals surface area contributed by atoms with Crippen LogP contribution in [0, 0.1) is 15.2 Å². The SMILES string of the molecule is CC1CN(C(=O)c2c(F)ccc(I)c2F)CCN1C(=O)OC(C)(C)C. The lowest BCUT2D eigenvalue weighted by atomic mass is 10.1. The number of amides is 2. The molecule has 0 radical (unpaired) electrons. The van der Waals surface area contributed by atoms with Gasteiger partial charge in [-0.05, 0) is 62.4 Å². The number of halogens is 3. The van der Waals surface area contributed by atoms with Crippen molar-refractivity contribution in [3.8, 4) is 0 Å². The molecule has 1 heterocycles. The monoisotopic (exact) mass is 466 g/mol. The maximum absolute atomic E-state index is 14.2. The molecule has 1 aliphatic heterocycles. The number of nitrogens with zero attached hydrogens (tertiary/aromatic N) is 2. The van der Waals surface area contributed by atoms with Gasteiger partial charge in [0.25, 0.3) is 5.91 Å². The number of piperazine rings is 1. The van der Waals surface area contributed by atoms with Crippen molar-refractivity contribution in [1.29, 1.82) is 0 Å². The Kier molecular flexibility index (Phi) is 5.90. The Balaban J connectivity index is 2.12. The van der Waals surface area contributed by atoms with Gasteiger partial charge in [-0.2, -0.15) is 0 Å². The highest BCUT2D eigenvalue weighted by atomic mass is 127. The molecule has 0 spiro atoms. The molecule has 1 atom stereocenters. The van der Waals surface area contributed by atoms with Crippen molar-refractivity contribution in [2.75, 3.05) is 19.6 Å². The number of hydrogen-bond donors (Lipinski definition) is 0. The molecule has 2 rings (SSSR count). The van der Waals surface area contributed by atoms with E-state index in [1.54, 1.807) is 50.3 Å². The lowest BCUT2D eigenvalue weighted by Gasteiger charge is -2.40. The van der Waals surface area contributed by atoms with E-state index in [1.165, 1.54) is 15.9 Å². The van der Waals surface area contributed by atoms with Crippen molar-refractivity contribution in [3.05, 3.63) is 32.9 Å². The number of carbonyl (C=O) groups is 2. The number of rotatable bonds is 1. The molecule has 25 heavy (non-hydrogen) atoms. The molecule has 0 aromatic heterocycles. The fourth-order valence-corrected chi connectivity index (χ4v) is 3.06. The van der Waals surface area contributed by atoms with Gasteiger partial charge in [-0.25, -0.2) is 13.6 Å². The van der Waals surface area contributed by atoms with Crippen LogP contribution in [0.2, 0.25) is 0 Å². The average molecular weight is 466 g/mol. The van der Waals surface area contributed by atoms with Gasteiger partial charge in [-0.3, -0.25) is 4.79 Å². The minimum Gasteiger partial charge on any atom is -0.444 e. The Bertz CT molecular complexity index is 691. The molecular weight excluding hydrogens is 445 g/mol. The van der Waals surface area contributed by atoms with E-state index < -0.39 is 34.8 Å². The summed E-state index contributed by atoms with van der Waals surface area (Å²) in [5.74, 6) is -2.44. The topological polar surface area (TPSA) is 49.9 Å². The third-order valence-electron chi connectivity index (χ3n) is 3.80. The van der Waals surface area contributed by atoms with E-state index in [4.69, 9.17) is 4.74 Å². The Morgan fingerprint density at radius 1 is 1.24 bits per heavy atom. The summed E-state index contributed by atoms with van der Waals surface area (Å²) in [6, 6.07) is 2.05. The summed E-state index contributed by atoms with van der Waals surface area (Å²) in [4.78, 5) is 27.6. The second-order valence-corrected chi connectivity index (χ2v) is 8.15. The number of hydrogen-bond acceptors (Lipinski definition) is 3. The van der Waals surface area contributed by atoms with Crippen LogP contribution in [-0.4, -0.2) is 53.1 Å². The maximum atomic E-state index is 14.2. The van der Waals surface area contributed by atoms with Gasteiger partial charge in [0.05, 0.1) is 0 Å². The van der Waals surface area contributed by atoms with E-state index in [0.29, 0.717) is 0 Å². The van der Waals surface area contributed by atoms with Crippen LogP contribution in [0.15, 0.2) is 12.1 Å². The van der Waals surface area contributed by atoms with Crippen molar-refractivity contribution in [3.63, 3.8) is 0 Å². The molecule has 0 aliphatic carbocycles. The van der Waals surface area contributed by atoms with Crippen LogP contribution in [0.3, 0.4) is 0 Å². The average Bonchev–Trinajstić information content (AvgIpc) is 2.49. The maximum Gasteiger partial charge on any atom is 0.410 e. The Hall–Kier alpha value is -1.45. The highest BCUT2D eigenvalue weighted by Gasteiger charge is 2.34. The zero-order valence-corrected chi connectivity index (χ0v) is 16.8. The molecule has 2 amide bonds. The van der Waals surface area contributed by atoms with Crippen LogP contribution in [0.4, 0.5) is 13.6 Å². The number of ether oxygens (including phenoxy) is 1. The van der Waals surface area contributed by atoms with Crippen LogP contribution >= 0.6 is 22.6 Å². The first kappa shape index (κ1) is 19.9. The highest BCUT2D eigenvalue weighted by Crippen LogP contribution is 2.22. The predicted octanol–water partition coefficient (Wildman–Crippen LogP) is 3.65. The van der Waals surface area contributed by atoms with Gasteiger partial charge in [-0.15, -0.1) is 0 Å². The van der Waals surface area contributed by atoms with Crippen LogP contribution in [0.5, 0.6) is 0 Å². The van der Waals surface area contributed by atoms with E-state index in [-0.39, 0.29) is 29.2 Å². The summed E-state index contributed by atoms with van der Waals surface area (Å²) in [5, 5.41) is 0. The smallest absolute Gasteiger partial charge is 0.410 e. The van der Waals surface area contributed by atoms with Gasteiger partial charge >= 0.3 is 6.09 Å². The molecule has 1 aromatic rings. The van der Waals surface area contributed by atoms with E-state index in [9.17, 15) is 18.4 Å². The third-order valence-corrected chi connectivity index (χ3v) is 4.63. The van der Waals surface area contributed by atoms with Crippen molar-refractivity contribution < 1.29 is 23.1 Å². The van der Waals surface area contributed by atoms with Gasteiger partial charge in [0, 0.05) is 29.2 Å². The van der Waals surface area contributed by atoms with Crippen LogP contribution in [0.25, 0.3) is 0 Å². The Labute approximate surface area is 159 Å². The molecule has 1 saturated heterocycles. The lowest BCUT2D eigenvalue weighted by molar-refractivity contribution is 0.00181. The second-order valence-electron chi connectivity index (χ2n) is 6.99. The first-order valence-electron chi connectivity index (χ1n) is 7.93. The molecular formula is C17H21F2IN2O3. The Morgan fingerprint density at radius 3 is 2.44 bits per heavy atom. The van der Waals surface area contributed by atoms with E-state index >= 15 is 0 Å². The van der Waals surface area contributed by atoms with Gasteiger partial charge in [0.1, 0.15) is 17.0 Å². The minimum absolute atomic E-state index is 0.183. The quantitative estimate of drug-likeness (QED) is 0.469. The fraction of sp³-hybridized carbons (Fsp3) is 0.529. The molecule has 0 N–H and O–H groups in total. The van der Waals surface area contributed by atoms with Crippen molar-refractivity contribution in [2.45, 2.75) is 39.3 Å². The normalized spacial score (nSPS) is 18.3. The largest absolute Gasteiger partial charge is 0.444 e. The molecule has 1 aromatic carbocycles. The zero-order valence-electron chi connectivity index (χ0n) is 14.6. The summed E-state index contributed by atoms with van der Waals surface area (Å²) in [6.45, 7) is 7.71. The van der Waals surface area contributed by atoms with E-state index in [1.807, 2.05) is 0 Å². The van der Waals surface area contributed by atoms with Gasteiger partial charge < -0.3 is 14.5 Å². The van der Waals surface area contributed by atoms with E-state index in [2.05, 4.69) is 0 Å². The van der Waals surface area contributed by atoms with Crippen molar-refractivity contribution in [2.24, 2.45) is 0 Å². The molecule has 8 heteroatoms. The molecule has 1 unspecified atom stereocenters. The predicted molar refractivity (Wildman–Crippen MR) is 97.4 cm³/mol. The molecule has 0 bridgehead atoms. The van der Waals surface area contributed by atoms with E-state index in [0.717, 1.165) is 6.07 Å². The molecule has 1 fully saturated rings. The lowest BCUT2D eigenvalue weighted by Crippen LogP contribution is -2.56. The summed E-state index contributed by atoms with van der Waals surface area (Å²) in [6.07, 6.45) is -0.460. The summed E-state index contributed by atoms with van der Waals surface area (Å²) >= 11 is 1.72. The molecule has 138 valence electrons. The Morgan fingerprint density at radius 2 is 1.88 bits per heavy atom. The van der Waals surface area contributed by atoms with Crippen LogP contribution in [0.1, 0.15) is 38.1 Å². The van der Waals surface area contributed by atoms with Crippen LogP contribution in [-0.2, 0) is 4.74 Å². The minimum atomic E-state index is -0.884. The summed E-state index contributed by atoms with van der Waals surface area (Å²) in [5.41, 5.74) is -1.17.